The first-order valence-electron chi connectivity index (χ1n) is 19.1. The van der Waals surface area contributed by atoms with Crippen molar-refractivity contribution in [3.05, 3.63) is 24.3 Å². The summed E-state index contributed by atoms with van der Waals surface area (Å²) in [4.78, 5) is 24.1. The van der Waals surface area contributed by atoms with Crippen molar-refractivity contribution in [3.63, 3.8) is 0 Å². The zero-order valence-corrected chi connectivity index (χ0v) is 32.1. The summed E-state index contributed by atoms with van der Waals surface area (Å²) in [6.07, 6.45) is 35.0. The van der Waals surface area contributed by atoms with Gasteiger partial charge in [-0.05, 0) is 44.9 Å². The summed E-state index contributed by atoms with van der Waals surface area (Å²) >= 11 is 0. The van der Waals surface area contributed by atoms with Gasteiger partial charge in [0.05, 0.1) is 34.4 Å². The van der Waals surface area contributed by atoms with Gasteiger partial charge >= 0.3 is 5.97 Å². The van der Waals surface area contributed by atoms with Crippen molar-refractivity contribution >= 4 is 13.8 Å². The van der Waals surface area contributed by atoms with Gasteiger partial charge in [0, 0.05) is 13.0 Å². The number of carbonyl (C=O) groups excluding carboxylic acids is 1. The molecule has 2 unspecified atom stereocenters. The van der Waals surface area contributed by atoms with Crippen LogP contribution in [0, 0.1) is 0 Å². The quantitative estimate of drug-likeness (QED) is 0.0215. The van der Waals surface area contributed by atoms with Crippen LogP contribution in [0.5, 0.6) is 0 Å². The first-order chi connectivity index (χ1) is 22.6. The number of nitrogens with zero attached hydrogens (tertiary/aromatic N) is 1. The molecule has 0 saturated heterocycles. The highest BCUT2D eigenvalue weighted by molar-refractivity contribution is 7.45. The number of unbranched alkanes of at least 4 members (excludes halogenated alkanes) is 17. The monoisotopic (exact) mass is 688 g/mol. The minimum Gasteiger partial charge on any atom is -0.756 e. The number of rotatable bonds is 35. The minimum absolute atomic E-state index is 0.0252. The Labute approximate surface area is 290 Å². The molecule has 2 atom stereocenters. The molecule has 0 bridgehead atoms. The topological polar surface area (TPSA) is 94.1 Å². The van der Waals surface area contributed by atoms with Crippen LogP contribution in [0.4, 0.5) is 0 Å². The molecule has 0 fully saturated rings. The van der Waals surface area contributed by atoms with Gasteiger partial charge in [0.1, 0.15) is 19.3 Å². The standard InChI is InChI=1S/C38H74NO7P/c1-6-8-9-10-11-12-13-14-15-16-17-18-19-20-21-22-23-24-25-26-27-28-29-30-33-43-35-37(46-38(40)31-7-2)36-45-47(41,42)44-34-32-39(3,4)5/h13-14,16-17,37H,6-12,15,18-36H2,1-5H3/b14-13-,17-16-. The van der Waals surface area contributed by atoms with Crippen LogP contribution in [0.3, 0.4) is 0 Å². The van der Waals surface area contributed by atoms with E-state index < -0.39 is 13.9 Å². The Morgan fingerprint density at radius 2 is 1.17 bits per heavy atom. The van der Waals surface area contributed by atoms with Crippen molar-refractivity contribution in [2.24, 2.45) is 0 Å². The van der Waals surface area contributed by atoms with E-state index in [4.69, 9.17) is 18.5 Å². The number of ether oxygens (including phenoxy) is 2. The van der Waals surface area contributed by atoms with Crippen LogP contribution in [-0.4, -0.2) is 70.7 Å². The van der Waals surface area contributed by atoms with Gasteiger partial charge in [0.25, 0.3) is 7.82 Å². The lowest BCUT2D eigenvalue weighted by Gasteiger charge is -2.28. The van der Waals surface area contributed by atoms with E-state index in [2.05, 4.69) is 31.2 Å². The summed E-state index contributed by atoms with van der Waals surface area (Å²) < 4.78 is 33.7. The summed E-state index contributed by atoms with van der Waals surface area (Å²) in [6.45, 7) is 5.03. The van der Waals surface area contributed by atoms with E-state index in [1.165, 1.54) is 109 Å². The van der Waals surface area contributed by atoms with Crippen LogP contribution in [0.25, 0.3) is 0 Å². The molecule has 0 heterocycles. The number of esters is 1. The molecule has 0 spiro atoms. The zero-order chi connectivity index (χ0) is 34.9. The number of hydrogen-bond donors (Lipinski definition) is 0. The van der Waals surface area contributed by atoms with Crippen LogP contribution < -0.4 is 4.89 Å². The predicted octanol–water partition coefficient (Wildman–Crippen LogP) is 9.86. The first-order valence-corrected chi connectivity index (χ1v) is 20.5. The third-order valence-electron chi connectivity index (χ3n) is 7.98. The average Bonchev–Trinajstić information content (AvgIpc) is 3.00. The van der Waals surface area contributed by atoms with E-state index in [1.54, 1.807) is 0 Å². The molecule has 0 aromatic heterocycles. The van der Waals surface area contributed by atoms with Crippen molar-refractivity contribution in [3.8, 4) is 0 Å². The SMILES string of the molecule is CCCCCCC/C=C\C/C=C\CCCCCCCCCCCCCCOCC(COP(=O)([O-])OCC[N+](C)(C)C)OC(=O)CCC. The molecular formula is C38H74NO7P. The van der Waals surface area contributed by atoms with Crippen molar-refractivity contribution in [1.82, 2.24) is 0 Å². The second-order valence-electron chi connectivity index (χ2n) is 13.9. The van der Waals surface area contributed by atoms with Gasteiger partial charge in [-0.2, -0.15) is 0 Å². The van der Waals surface area contributed by atoms with Crippen LogP contribution in [0.2, 0.25) is 0 Å². The number of hydrogen-bond acceptors (Lipinski definition) is 7. The van der Waals surface area contributed by atoms with Gasteiger partial charge in [0.15, 0.2) is 0 Å². The molecule has 8 nitrogen and oxygen atoms in total. The number of quaternary nitrogens is 1. The van der Waals surface area contributed by atoms with Crippen LogP contribution in [0.1, 0.15) is 155 Å². The van der Waals surface area contributed by atoms with E-state index in [-0.39, 0.29) is 32.2 Å². The molecule has 47 heavy (non-hydrogen) atoms. The molecule has 0 rings (SSSR count). The normalized spacial score (nSPS) is 14.3. The summed E-state index contributed by atoms with van der Waals surface area (Å²) in [5.41, 5.74) is 0. The fourth-order valence-corrected chi connectivity index (χ4v) is 5.75. The minimum atomic E-state index is -4.49. The Morgan fingerprint density at radius 3 is 1.68 bits per heavy atom. The smallest absolute Gasteiger partial charge is 0.306 e. The largest absolute Gasteiger partial charge is 0.756 e. The van der Waals surface area contributed by atoms with E-state index in [0.717, 1.165) is 19.3 Å². The second-order valence-corrected chi connectivity index (χ2v) is 15.4. The molecule has 0 saturated carbocycles. The lowest BCUT2D eigenvalue weighted by molar-refractivity contribution is -0.870. The predicted molar refractivity (Wildman–Crippen MR) is 194 cm³/mol. The van der Waals surface area contributed by atoms with Crippen molar-refractivity contribution < 1.29 is 37.3 Å². The Kier molecular flexibility index (Phi) is 31.5. The molecule has 9 heteroatoms. The second kappa shape index (κ2) is 32.2. The summed E-state index contributed by atoms with van der Waals surface area (Å²) in [5, 5.41) is 0. The summed E-state index contributed by atoms with van der Waals surface area (Å²) in [7, 11) is 1.35. The van der Waals surface area contributed by atoms with Gasteiger partial charge in [-0.25, -0.2) is 0 Å². The highest BCUT2D eigenvalue weighted by Gasteiger charge is 2.20. The number of phosphoric acid groups is 1. The highest BCUT2D eigenvalue weighted by atomic mass is 31.2. The van der Waals surface area contributed by atoms with Crippen molar-refractivity contribution in [1.29, 1.82) is 0 Å². The molecule has 0 N–H and O–H groups in total. The van der Waals surface area contributed by atoms with Gasteiger partial charge in [-0.1, -0.05) is 128 Å². The maximum atomic E-state index is 12.1. The molecule has 0 aliphatic heterocycles. The van der Waals surface area contributed by atoms with E-state index in [9.17, 15) is 14.3 Å². The third kappa shape index (κ3) is 36.1. The maximum absolute atomic E-state index is 12.1. The van der Waals surface area contributed by atoms with E-state index in [1.807, 2.05) is 28.1 Å². The molecule has 0 aromatic rings. The molecular weight excluding hydrogens is 613 g/mol. The van der Waals surface area contributed by atoms with Gasteiger partial charge in [0.2, 0.25) is 0 Å². The Morgan fingerprint density at radius 1 is 0.660 bits per heavy atom. The molecule has 0 amide bonds. The van der Waals surface area contributed by atoms with E-state index in [0.29, 0.717) is 24.1 Å². The van der Waals surface area contributed by atoms with Crippen LogP contribution in [-0.2, 0) is 27.9 Å². The van der Waals surface area contributed by atoms with Crippen molar-refractivity contribution in [2.75, 3.05) is 54.1 Å². The fourth-order valence-electron chi connectivity index (χ4n) is 5.02. The molecule has 0 radical (unpaired) electrons. The number of allylic oxidation sites excluding steroid dienone is 4. The lowest BCUT2D eigenvalue weighted by atomic mass is 10.0. The van der Waals surface area contributed by atoms with E-state index >= 15 is 0 Å². The van der Waals surface area contributed by atoms with Crippen molar-refractivity contribution in [2.45, 2.75) is 161 Å². The van der Waals surface area contributed by atoms with Gasteiger partial charge in [-0.15, -0.1) is 0 Å². The third-order valence-corrected chi connectivity index (χ3v) is 8.94. The number of likely N-dealkylation sites (N-methyl/N-ethyl adjacent to an activating group) is 1. The molecule has 0 aliphatic rings. The Balaban J connectivity index is 3.74. The Hall–Kier alpha value is -1.02. The van der Waals surface area contributed by atoms with Crippen LogP contribution in [0.15, 0.2) is 24.3 Å². The fraction of sp³-hybridized carbons (Fsp3) is 0.868. The average molecular weight is 688 g/mol. The number of phosphoric ester groups is 1. The molecule has 0 aromatic carbocycles. The Bertz CT molecular complexity index is 812. The van der Waals surface area contributed by atoms with Crippen LogP contribution >= 0.6 is 7.82 Å². The molecule has 278 valence electrons. The van der Waals surface area contributed by atoms with Gasteiger partial charge in [-0.3, -0.25) is 9.36 Å². The summed E-state index contributed by atoms with van der Waals surface area (Å²) in [5.74, 6) is -0.387. The summed E-state index contributed by atoms with van der Waals surface area (Å²) in [6, 6.07) is 0. The maximum Gasteiger partial charge on any atom is 0.306 e. The highest BCUT2D eigenvalue weighted by Crippen LogP contribution is 2.38. The molecule has 0 aliphatic carbocycles. The van der Waals surface area contributed by atoms with Gasteiger partial charge < -0.3 is 27.9 Å². The zero-order valence-electron chi connectivity index (χ0n) is 31.2. The first kappa shape index (κ1) is 46.0. The number of carbonyl (C=O) groups is 1. The lowest BCUT2D eigenvalue weighted by Crippen LogP contribution is -2.37.